The van der Waals surface area contributed by atoms with Crippen LogP contribution in [0.25, 0.3) is 0 Å². The molecule has 0 unspecified atom stereocenters. The first-order valence-corrected chi connectivity index (χ1v) is 5.06. The maximum Gasteiger partial charge on any atom is 0.341 e. The number of hydrogen-bond donors (Lipinski definition) is 0. The molecule has 16 heavy (non-hydrogen) atoms. The van der Waals surface area contributed by atoms with Crippen LogP contribution in [0.3, 0.4) is 0 Å². The van der Waals surface area contributed by atoms with E-state index in [2.05, 4.69) is 20.7 Å². The van der Waals surface area contributed by atoms with Crippen molar-refractivity contribution in [1.29, 1.82) is 0 Å². The second-order valence-corrected chi connectivity index (χ2v) is 3.30. The Labute approximate surface area is 96.3 Å². The Morgan fingerprint density at radius 2 is 1.62 bits per heavy atom. The SMILES string of the molecule is COC(=O)c1c(F)c(F)c(F)c(F)c1CBr. The van der Waals surface area contributed by atoms with Crippen LogP contribution in [0.2, 0.25) is 0 Å². The molecule has 0 N–H and O–H groups in total. The number of rotatable bonds is 2. The lowest BCUT2D eigenvalue weighted by atomic mass is 10.1. The number of methoxy groups -OCH3 is 1. The summed E-state index contributed by atoms with van der Waals surface area (Å²) in [5.74, 6) is -8.65. The minimum atomic E-state index is -2.04. The van der Waals surface area contributed by atoms with E-state index in [9.17, 15) is 22.4 Å². The van der Waals surface area contributed by atoms with Crippen molar-refractivity contribution in [3.8, 4) is 0 Å². The van der Waals surface area contributed by atoms with Crippen LogP contribution in [0.5, 0.6) is 0 Å². The van der Waals surface area contributed by atoms with E-state index in [1.807, 2.05) is 0 Å². The average Bonchev–Trinajstić information content (AvgIpc) is 2.29. The van der Waals surface area contributed by atoms with Crippen LogP contribution in [0, 0.1) is 23.3 Å². The topological polar surface area (TPSA) is 26.3 Å². The zero-order chi connectivity index (χ0) is 12.5. The summed E-state index contributed by atoms with van der Waals surface area (Å²) >= 11 is 2.75. The summed E-state index contributed by atoms with van der Waals surface area (Å²) in [6, 6.07) is 0. The van der Waals surface area contributed by atoms with Crippen LogP contribution in [0.4, 0.5) is 17.6 Å². The predicted octanol–water partition coefficient (Wildman–Crippen LogP) is 2.92. The molecule has 88 valence electrons. The summed E-state index contributed by atoms with van der Waals surface area (Å²) in [5.41, 5.74) is -1.57. The largest absolute Gasteiger partial charge is 0.465 e. The van der Waals surface area contributed by atoms with E-state index in [4.69, 9.17) is 0 Å². The van der Waals surface area contributed by atoms with Gasteiger partial charge in [-0.2, -0.15) is 0 Å². The van der Waals surface area contributed by atoms with Gasteiger partial charge in [0.05, 0.1) is 7.11 Å². The normalized spacial score (nSPS) is 10.4. The van der Waals surface area contributed by atoms with Crippen molar-refractivity contribution in [3.05, 3.63) is 34.4 Å². The van der Waals surface area contributed by atoms with E-state index in [0.717, 1.165) is 7.11 Å². The van der Waals surface area contributed by atoms with Crippen LogP contribution in [-0.2, 0) is 10.1 Å². The first-order chi connectivity index (χ1) is 7.45. The second-order valence-electron chi connectivity index (χ2n) is 2.73. The average molecular weight is 301 g/mol. The highest BCUT2D eigenvalue weighted by molar-refractivity contribution is 9.08. The monoisotopic (exact) mass is 300 g/mol. The molecule has 0 atom stereocenters. The molecule has 0 saturated carbocycles. The Balaban J connectivity index is 3.64. The smallest absolute Gasteiger partial charge is 0.341 e. The minimum Gasteiger partial charge on any atom is -0.465 e. The van der Waals surface area contributed by atoms with E-state index in [1.54, 1.807) is 0 Å². The van der Waals surface area contributed by atoms with Crippen LogP contribution in [0.1, 0.15) is 15.9 Å². The molecule has 0 aliphatic rings. The highest BCUT2D eigenvalue weighted by Crippen LogP contribution is 2.26. The Hall–Kier alpha value is -1.11. The Kier molecular flexibility index (Phi) is 3.90. The lowest BCUT2D eigenvalue weighted by molar-refractivity contribution is 0.0592. The lowest BCUT2D eigenvalue weighted by Crippen LogP contribution is -2.14. The second kappa shape index (κ2) is 4.82. The van der Waals surface area contributed by atoms with Crippen LogP contribution in [-0.4, -0.2) is 13.1 Å². The Morgan fingerprint density at radius 3 is 2.06 bits per heavy atom. The Bertz CT molecular complexity index is 448. The van der Waals surface area contributed by atoms with Crippen molar-refractivity contribution in [1.82, 2.24) is 0 Å². The molecule has 1 rings (SSSR count). The third kappa shape index (κ3) is 1.91. The van der Waals surface area contributed by atoms with Gasteiger partial charge in [0.25, 0.3) is 0 Å². The van der Waals surface area contributed by atoms with Gasteiger partial charge in [-0.3, -0.25) is 0 Å². The zero-order valence-electron chi connectivity index (χ0n) is 7.91. The fourth-order valence-electron chi connectivity index (χ4n) is 1.12. The minimum absolute atomic E-state index is 0.350. The summed E-state index contributed by atoms with van der Waals surface area (Å²) in [4.78, 5) is 11.1. The number of alkyl halides is 1. The molecule has 0 bridgehead atoms. The van der Waals surface area contributed by atoms with Gasteiger partial charge in [-0.05, 0) is 0 Å². The van der Waals surface area contributed by atoms with Gasteiger partial charge >= 0.3 is 5.97 Å². The molecule has 0 spiro atoms. The molecule has 0 amide bonds. The summed E-state index contributed by atoms with van der Waals surface area (Å²) in [5, 5.41) is -0.350. The number of carbonyl (C=O) groups is 1. The van der Waals surface area contributed by atoms with Crippen molar-refractivity contribution in [3.63, 3.8) is 0 Å². The van der Waals surface area contributed by atoms with Crippen LogP contribution < -0.4 is 0 Å². The number of esters is 1. The van der Waals surface area contributed by atoms with Crippen molar-refractivity contribution >= 4 is 21.9 Å². The number of carbonyl (C=O) groups excluding carboxylic acids is 1. The maximum atomic E-state index is 13.2. The maximum absolute atomic E-state index is 13.2. The molecule has 0 aliphatic heterocycles. The van der Waals surface area contributed by atoms with Crippen LogP contribution >= 0.6 is 15.9 Å². The van der Waals surface area contributed by atoms with Gasteiger partial charge in [-0.15, -0.1) is 0 Å². The van der Waals surface area contributed by atoms with Gasteiger partial charge < -0.3 is 4.74 Å². The third-order valence-electron chi connectivity index (χ3n) is 1.89. The molecule has 0 aliphatic carbocycles. The number of benzene rings is 1. The molecular weight excluding hydrogens is 296 g/mol. The summed E-state index contributed by atoms with van der Waals surface area (Å²) in [6.45, 7) is 0. The van der Waals surface area contributed by atoms with E-state index in [0.29, 0.717) is 0 Å². The van der Waals surface area contributed by atoms with Crippen molar-refractivity contribution < 1.29 is 27.1 Å². The molecule has 0 aromatic heterocycles. The number of halogens is 5. The fourth-order valence-corrected chi connectivity index (χ4v) is 1.64. The van der Waals surface area contributed by atoms with Gasteiger partial charge in [0.15, 0.2) is 23.3 Å². The van der Waals surface area contributed by atoms with Gasteiger partial charge in [0.1, 0.15) is 5.56 Å². The molecule has 0 radical (unpaired) electrons. The standard InChI is InChI=1S/C9H5BrF4O2/c1-16-9(15)4-3(2-10)5(11)7(13)8(14)6(4)12/h2H2,1H3. The first-order valence-electron chi connectivity index (χ1n) is 3.94. The molecule has 1 aromatic carbocycles. The third-order valence-corrected chi connectivity index (χ3v) is 2.45. The molecule has 0 saturated heterocycles. The first kappa shape index (κ1) is 13.0. The summed E-state index contributed by atoms with van der Waals surface area (Å²) in [6.07, 6.45) is 0. The molecule has 7 heteroatoms. The predicted molar refractivity (Wildman–Crippen MR) is 50.2 cm³/mol. The molecular formula is C9H5BrF4O2. The van der Waals surface area contributed by atoms with E-state index in [-0.39, 0.29) is 5.33 Å². The van der Waals surface area contributed by atoms with E-state index >= 15 is 0 Å². The van der Waals surface area contributed by atoms with Crippen molar-refractivity contribution in [2.24, 2.45) is 0 Å². The fraction of sp³-hybridized carbons (Fsp3) is 0.222. The highest BCUT2D eigenvalue weighted by atomic mass is 79.9. The lowest BCUT2D eigenvalue weighted by Gasteiger charge is -2.09. The Morgan fingerprint density at radius 1 is 1.12 bits per heavy atom. The zero-order valence-corrected chi connectivity index (χ0v) is 9.50. The van der Waals surface area contributed by atoms with E-state index < -0.39 is 40.4 Å². The van der Waals surface area contributed by atoms with Crippen LogP contribution in [0.15, 0.2) is 0 Å². The van der Waals surface area contributed by atoms with Gasteiger partial charge in [0, 0.05) is 10.9 Å². The molecule has 1 aromatic rings. The van der Waals surface area contributed by atoms with Gasteiger partial charge in [-0.1, -0.05) is 15.9 Å². The van der Waals surface area contributed by atoms with Gasteiger partial charge in [-0.25, -0.2) is 22.4 Å². The van der Waals surface area contributed by atoms with Crippen molar-refractivity contribution in [2.45, 2.75) is 5.33 Å². The van der Waals surface area contributed by atoms with E-state index in [1.165, 1.54) is 0 Å². The van der Waals surface area contributed by atoms with Crippen molar-refractivity contribution in [2.75, 3.05) is 7.11 Å². The summed E-state index contributed by atoms with van der Waals surface area (Å²) in [7, 11) is 0.916. The number of hydrogen-bond acceptors (Lipinski definition) is 2. The number of ether oxygens (including phenoxy) is 1. The van der Waals surface area contributed by atoms with Gasteiger partial charge in [0.2, 0.25) is 0 Å². The molecule has 0 fully saturated rings. The summed E-state index contributed by atoms with van der Waals surface area (Å²) < 4.78 is 56.2. The molecule has 2 nitrogen and oxygen atoms in total. The highest BCUT2D eigenvalue weighted by Gasteiger charge is 2.28. The quantitative estimate of drug-likeness (QED) is 0.276. The molecule has 0 heterocycles.